The van der Waals surface area contributed by atoms with Gasteiger partial charge in [0.25, 0.3) is 0 Å². The molecule has 0 aliphatic carbocycles. The molecule has 1 amide bonds. The number of amides is 1. The summed E-state index contributed by atoms with van der Waals surface area (Å²) < 4.78 is 20.2. The molecule has 12 heteroatoms. The molecule has 3 aromatic rings. The van der Waals surface area contributed by atoms with Gasteiger partial charge in [-0.05, 0) is 51.8 Å². The maximum atomic E-state index is 13.4. The van der Waals surface area contributed by atoms with Gasteiger partial charge >= 0.3 is 6.09 Å². The lowest BCUT2D eigenvalue weighted by atomic mass is 10.0. The molecule has 2 N–H and O–H groups in total. The number of hydrogen-bond acceptors (Lipinski definition) is 7. The highest BCUT2D eigenvalue weighted by Gasteiger charge is 2.41. The van der Waals surface area contributed by atoms with Crippen molar-refractivity contribution in [3.63, 3.8) is 0 Å². The van der Waals surface area contributed by atoms with Gasteiger partial charge in [-0.15, -0.1) is 11.3 Å². The number of carbonyl (C=O) groups excluding carboxylic acids is 1. The number of carbonyl (C=O) groups is 1. The van der Waals surface area contributed by atoms with Gasteiger partial charge in [-0.25, -0.2) is 19.0 Å². The largest absolute Gasteiger partial charge is 0.444 e. The summed E-state index contributed by atoms with van der Waals surface area (Å²) in [5, 5.41) is 3.08. The summed E-state index contributed by atoms with van der Waals surface area (Å²) in [5.74, 6) is 4.77. The van der Waals surface area contributed by atoms with E-state index in [4.69, 9.17) is 21.3 Å². The first-order valence-electron chi connectivity index (χ1n) is 10.7. The minimum absolute atomic E-state index is 0.106. The van der Waals surface area contributed by atoms with Crippen molar-refractivity contribution in [2.45, 2.75) is 38.8 Å². The Morgan fingerprint density at radius 2 is 2.11 bits per heavy atom. The van der Waals surface area contributed by atoms with Crippen LogP contribution < -0.4 is 5.32 Å². The van der Waals surface area contributed by atoms with E-state index < -0.39 is 26.9 Å². The zero-order chi connectivity index (χ0) is 25.6. The summed E-state index contributed by atoms with van der Waals surface area (Å²) in [6, 6.07) is 7.44. The molecule has 3 aromatic heterocycles. The third kappa shape index (κ3) is 5.36. The number of nitrogens with one attached hydrogen (secondary N) is 2. The molecule has 0 saturated carbocycles. The van der Waals surface area contributed by atoms with Gasteiger partial charge in [-0.1, -0.05) is 17.7 Å². The van der Waals surface area contributed by atoms with E-state index >= 15 is 0 Å². The Balaban J connectivity index is 1.69. The van der Waals surface area contributed by atoms with E-state index in [1.165, 1.54) is 15.6 Å². The van der Waals surface area contributed by atoms with Crippen LogP contribution in [0.15, 0.2) is 41.7 Å². The number of nitrogens with zero attached hydrogens (tertiary/aromatic N) is 4. The number of imidazole rings is 1. The van der Waals surface area contributed by atoms with E-state index in [-0.39, 0.29) is 11.7 Å². The number of aliphatic imine (C=N–C) groups is 1. The molecule has 2 atom stereocenters. The molecule has 4 rings (SSSR count). The number of pyridine rings is 1. The van der Waals surface area contributed by atoms with E-state index in [1.807, 2.05) is 25.1 Å². The SMILES string of the molecule is C=S1(=O)C[C@@](C)(c2sc(-c3ncc(-c4ccccn4)[nH]3)cc2Cl)N=C(NC(=O)OC(C)(C)C)N1C. The Morgan fingerprint density at radius 3 is 2.77 bits per heavy atom. The molecule has 186 valence electrons. The quantitative estimate of drug-likeness (QED) is 0.479. The smallest absolute Gasteiger partial charge is 0.414 e. The average Bonchev–Trinajstić information content (AvgIpc) is 3.38. The van der Waals surface area contributed by atoms with Crippen LogP contribution in [0, 0.1) is 0 Å². The van der Waals surface area contributed by atoms with Crippen LogP contribution >= 0.6 is 22.9 Å². The van der Waals surface area contributed by atoms with Crippen LogP contribution in [-0.2, 0) is 20.0 Å². The van der Waals surface area contributed by atoms with Gasteiger partial charge in [0.2, 0.25) is 5.96 Å². The van der Waals surface area contributed by atoms with Crippen molar-refractivity contribution in [1.29, 1.82) is 0 Å². The van der Waals surface area contributed by atoms with Crippen LogP contribution in [-0.4, -0.2) is 59.8 Å². The van der Waals surface area contributed by atoms with Crippen molar-refractivity contribution in [2.75, 3.05) is 12.8 Å². The standard InChI is InChI=1S/C23H27ClN6O3S2/c1-22(2,3)33-21(31)28-20-29-23(4,13-35(6,32)30(20)5)18-14(24)11-17(34-18)19-26-12-16(27-19)15-9-7-8-10-25-15/h7-12H,6,13H2,1-5H3,(H,26,27)(H,28,29,31)/t23-,35?/m0/s1. The van der Waals surface area contributed by atoms with E-state index in [9.17, 15) is 9.00 Å². The second-order valence-corrected chi connectivity index (χ2v) is 13.2. The summed E-state index contributed by atoms with van der Waals surface area (Å²) in [7, 11) is -1.23. The van der Waals surface area contributed by atoms with Gasteiger partial charge in [-0.3, -0.25) is 14.6 Å². The summed E-state index contributed by atoms with van der Waals surface area (Å²) >= 11 is 8.05. The number of hydrogen-bond donors (Lipinski definition) is 2. The second kappa shape index (κ2) is 8.96. The average molecular weight is 535 g/mol. The van der Waals surface area contributed by atoms with Crippen LogP contribution in [0.1, 0.15) is 32.6 Å². The molecule has 0 aromatic carbocycles. The third-order valence-corrected chi connectivity index (χ3v) is 9.18. The van der Waals surface area contributed by atoms with Gasteiger partial charge in [0.05, 0.1) is 47.8 Å². The van der Waals surface area contributed by atoms with Crippen LogP contribution in [0.3, 0.4) is 0 Å². The fourth-order valence-electron chi connectivity index (χ4n) is 3.60. The maximum absolute atomic E-state index is 13.4. The Labute approximate surface area is 213 Å². The van der Waals surface area contributed by atoms with Crippen molar-refractivity contribution in [1.82, 2.24) is 24.6 Å². The second-order valence-electron chi connectivity index (χ2n) is 9.40. The van der Waals surface area contributed by atoms with E-state index in [0.29, 0.717) is 15.7 Å². The lowest BCUT2D eigenvalue weighted by Crippen LogP contribution is -2.53. The molecular formula is C23H27ClN6O3S2. The van der Waals surface area contributed by atoms with Gasteiger partial charge in [0.15, 0.2) is 0 Å². The highest BCUT2D eigenvalue weighted by Crippen LogP contribution is 2.44. The molecule has 9 nitrogen and oxygen atoms in total. The number of ether oxygens (including phenoxy) is 1. The highest BCUT2D eigenvalue weighted by atomic mass is 35.5. The fraction of sp³-hybridized carbons (Fsp3) is 0.348. The van der Waals surface area contributed by atoms with Gasteiger partial charge in [0, 0.05) is 13.2 Å². The zero-order valence-corrected chi connectivity index (χ0v) is 22.5. The Kier molecular flexibility index (Phi) is 6.45. The number of thiophene rings is 1. The fourth-order valence-corrected chi connectivity index (χ4v) is 6.96. The van der Waals surface area contributed by atoms with Gasteiger partial charge in [-0.2, -0.15) is 0 Å². The molecule has 0 bridgehead atoms. The first kappa shape index (κ1) is 25.2. The number of guanidine groups is 1. The predicted molar refractivity (Wildman–Crippen MR) is 142 cm³/mol. The topological polar surface area (TPSA) is 113 Å². The van der Waals surface area contributed by atoms with Crippen molar-refractivity contribution >= 4 is 50.6 Å². The van der Waals surface area contributed by atoms with Crippen LogP contribution in [0.4, 0.5) is 4.79 Å². The number of alkyl carbamates (subject to hydrolysis) is 1. The molecule has 35 heavy (non-hydrogen) atoms. The highest BCUT2D eigenvalue weighted by molar-refractivity contribution is 7.98. The molecule has 4 heterocycles. The first-order chi connectivity index (χ1) is 16.3. The number of aromatic amines is 1. The van der Waals surface area contributed by atoms with Crippen molar-refractivity contribution in [3.8, 4) is 22.1 Å². The van der Waals surface area contributed by atoms with Crippen LogP contribution in [0.25, 0.3) is 22.1 Å². The number of rotatable bonds is 3. The minimum atomic E-state index is -2.81. The summed E-state index contributed by atoms with van der Waals surface area (Å²) in [6.45, 7) is 7.10. The van der Waals surface area contributed by atoms with Gasteiger partial charge in [0.1, 0.15) is 17.0 Å². The molecule has 1 aliphatic heterocycles. The van der Waals surface area contributed by atoms with Crippen molar-refractivity contribution in [2.24, 2.45) is 4.99 Å². The van der Waals surface area contributed by atoms with Crippen LogP contribution in [0.5, 0.6) is 0 Å². The molecular weight excluding hydrogens is 508 g/mol. The Bertz CT molecular complexity index is 1390. The van der Waals surface area contributed by atoms with E-state index in [1.54, 1.807) is 46.3 Å². The summed E-state index contributed by atoms with van der Waals surface area (Å²) in [4.78, 5) is 30.7. The van der Waals surface area contributed by atoms with E-state index in [0.717, 1.165) is 16.3 Å². The Hall–Kier alpha value is -2.89. The monoisotopic (exact) mass is 534 g/mol. The normalized spacial score (nSPS) is 22.6. The number of H-pyrrole nitrogens is 1. The molecule has 1 unspecified atom stereocenters. The van der Waals surface area contributed by atoms with Gasteiger partial charge < -0.3 is 9.72 Å². The maximum Gasteiger partial charge on any atom is 0.414 e. The summed E-state index contributed by atoms with van der Waals surface area (Å²) in [6.07, 6.45) is 2.73. The molecule has 0 radical (unpaired) electrons. The van der Waals surface area contributed by atoms with Crippen LogP contribution in [0.2, 0.25) is 5.02 Å². The molecule has 0 fully saturated rings. The third-order valence-electron chi connectivity index (χ3n) is 5.20. The Morgan fingerprint density at radius 1 is 1.37 bits per heavy atom. The summed E-state index contributed by atoms with van der Waals surface area (Å²) in [5.41, 5.74) is -0.141. The minimum Gasteiger partial charge on any atom is -0.444 e. The zero-order valence-electron chi connectivity index (χ0n) is 20.1. The van der Waals surface area contributed by atoms with E-state index in [2.05, 4.69) is 26.1 Å². The number of aromatic nitrogens is 3. The lowest BCUT2D eigenvalue weighted by Gasteiger charge is -2.38. The molecule has 0 spiro atoms. The predicted octanol–water partition coefficient (Wildman–Crippen LogP) is 4.53. The first-order valence-corrected chi connectivity index (χ1v) is 13.8. The number of halogens is 1. The molecule has 1 aliphatic rings. The van der Waals surface area contributed by atoms with Crippen molar-refractivity contribution in [3.05, 3.63) is 46.6 Å². The lowest BCUT2D eigenvalue weighted by molar-refractivity contribution is 0.0559. The van der Waals surface area contributed by atoms with Crippen molar-refractivity contribution < 1.29 is 13.7 Å². The molecule has 0 saturated heterocycles.